The summed E-state index contributed by atoms with van der Waals surface area (Å²) in [4.78, 5) is -0.413. The van der Waals surface area contributed by atoms with Gasteiger partial charge in [0.2, 0.25) is 20.0 Å². The number of hydrogen-bond acceptors (Lipinski definition) is 4. The van der Waals surface area contributed by atoms with Crippen molar-refractivity contribution in [3.63, 3.8) is 0 Å². The van der Waals surface area contributed by atoms with Gasteiger partial charge in [0.15, 0.2) is 0 Å². The van der Waals surface area contributed by atoms with Crippen LogP contribution in [0.25, 0.3) is 0 Å². The molecule has 0 radical (unpaired) electrons. The second-order valence-corrected chi connectivity index (χ2v) is 10.8. The highest BCUT2D eigenvalue weighted by Crippen LogP contribution is 2.36. The monoisotopic (exact) mass is 494 g/mol. The van der Waals surface area contributed by atoms with Crippen LogP contribution in [0.3, 0.4) is 0 Å². The molecule has 1 atom stereocenters. The van der Waals surface area contributed by atoms with Crippen molar-refractivity contribution in [1.29, 1.82) is 0 Å². The average molecular weight is 495 g/mol. The van der Waals surface area contributed by atoms with Crippen LogP contribution < -0.4 is 5.14 Å². The SMILES string of the molecule is CN(C(c1ccccc1)c1ccccc1Br)S(=O)(=O)c1cccc(S(N)(=O)=O)c1. The summed E-state index contributed by atoms with van der Waals surface area (Å²) < 4.78 is 52.1. The van der Waals surface area contributed by atoms with Crippen LogP contribution in [0.2, 0.25) is 0 Å². The predicted octanol–water partition coefficient (Wildman–Crippen LogP) is 3.51. The molecule has 3 aromatic rings. The number of rotatable bonds is 6. The Labute approximate surface area is 179 Å². The first-order valence-electron chi connectivity index (χ1n) is 8.52. The molecule has 9 heteroatoms. The molecule has 3 rings (SSSR count). The summed E-state index contributed by atoms with van der Waals surface area (Å²) in [5.74, 6) is 0. The molecule has 0 aliphatic carbocycles. The van der Waals surface area contributed by atoms with E-state index >= 15 is 0 Å². The van der Waals surface area contributed by atoms with Gasteiger partial charge >= 0.3 is 0 Å². The van der Waals surface area contributed by atoms with Crippen LogP contribution >= 0.6 is 15.9 Å². The first kappa shape index (κ1) is 21.7. The Kier molecular flexibility index (Phi) is 6.25. The standard InChI is InChI=1S/C20H19BrN2O4S2/c1-23(29(26,27)17-11-7-10-16(14-17)28(22,24)25)20(15-8-3-2-4-9-15)18-12-5-6-13-19(18)21/h2-14,20H,1H3,(H2,22,24,25). The molecular formula is C20H19BrN2O4S2. The second kappa shape index (κ2) is 8.37. The molecule has 2 N–H and O–H groups in total. The van der Waals surface area contributed by atoms with Crippen LogP contribution in [-0.2, 0) is 20.0 Å². The van der Waals surface area contributed by atoms with E-state index in [9.17, 15) is 16.8 Å². The van der Waals surface area contributed by atoms with Crippen molar-refractivity contribution in [3.8, 4) is 0 Å². The Hall–Kier alpha value is -2.04. The molecular weight excluding hydrogens is 476 g/mol. The highest BCUT2D eigenvalue weighted by molar-refractivity contribution is 9.10. The van der Waals surface area contributed by atoms with Crippen LogP contribution in [0, 0.1) is 0 Å². The lowest BCUT2D eigenvalue weighted by molar-refractivity contribution is 0.417. The Morgan fingerprint density at radius 1 is 0.828 bits per heavy atom. The zero-order valence-corrected chi connectivity index (χ0v) is 18.7. The number of sulfonamides is 2. The van der Waals surface area contributed by atoms with Gasteiger partial charge in [-0.25, -0.2) is 22.0 Å². The predicted molar refractivity (Wildman–Crippen MR) is 115 cm³/mol. The Morgan fingerprint density at radius 3 is 2.03 bits per heavy atom. The van der Waals surface area contributed by atoms with Gasteiger partial charge in [-0.1, -0.05) is 70.5 Å². The van der Waals surface area contributed by atoms with E-state index in [1.807, 2.05) is 54.6 Å². The molecule has 0 aromatic heterocycles. The Morgan fingerprint density at radius 2 is 1.41 bits per heavy atom. The third-order valence-corrected chi connectivity index (χ3v) is 7.94. The molecule has 0 amide bonds. The van der Waals surface area contributed by atoms with Gasteiger partial charge in [0.25, 0.3) is 0 Å². The molecule has 0 aliphatic heterocycles. The molecule has 6 nitrogen and oxygen atoms in total. The molecule has 1 unspecified atom stereocenters. The van der Waals surface area contributed by atoms with Crippen LogP contribution in [0.1, 0.15) is 17.2 Å². The fraction of sp³-hybridized carbons (Fsp3) is 0.100. The van der Waals surface area contributed by atoms with E-state index in [4.69, 9.17) is 5.14 Å². The normalized spacial score (nSPS) is 13.4. The van der Waals surface area contributed by atoms with Crippen molar-refractivity contribution >= 4 is 36.0 Å². The fourth-order valence-electron chi connectivity index (χ4n) is 3.03. The number of hydrogen-bond donors (Lipinski definition) is 1. The third-order valence-electron chi connectivity index (χ3n) is 4.49. The number of primary sulfonamides is 1. The lowest BCUT2D eigenvalue weighted by Crippen LogP contribution is -2.32. The van der Waals surface area contributed by atoms with Crippen molar-refractivity contribution in [3.05, 3.63) is 94.5 Å². The van der Waals surface area contributed by atoms with E-state index in [0.717, 1.165) is 21.7 Å². The molecule has 0 aliphatic rings. The van der Waals surface area contributed by atoms with E-state index in [1.165, 1.54) is 29.6 Å². The maximum atomic E-state index is 13.4. The van der Waals surface area contributed by atoms with Crippen LogP contribution in [-0.4, -0.2) is 28.2 Å². The summed E-state index contributed by atoms with van der Waals surface area (Å²) in [6, 6.07) is 21.0. The van der Waals surface area contributed by atoms with Crippen molar-refractivity contribution in [2.45, 2.75) is 15.8 Å². The quantitative estimate of drug-likeness (QED) is 0.566. The molecule has 0 spiro atoms. The van der Waals surface area contributed by atoms with Gasteiger partial charge in [-0.2, -0.15) is 4.31 Å². The molecule has 0 bridgehead atoms. The van der Waals surface area contributed by atoms with E-state index in [0.29, 0.717) is 0 Å². The van der Waals surface area contributed by atoms with Crippen LogP contribution in [0.4, 0.5) is 0 Å². The van der Waals surface area contributed by atoms with Crippen molar-refractivity contribution in [1.82, 2.24) is 4.31 Å². The van der Waals surface area contributed by atoms with Gasteiger partial charge in [-0.05, 0) is 35.4 Å². The van der Waals surface area contributed by atoms with Gasteiger partial charge in [0.05, 0.1) is 15.8 Å². The largest absolute Gasteiger partial charge is 0.243 e. The fourth-order valence-corrected chi connectivity index (χ4v) is 5.54. The highest BCUT2D eigenvalue weighted by atomic mass is 79.9. The summed E-state index contributed by atoms with van der Waals surface area (Å²) in [6.45, 7) is 0. The molecule has 152 valence electrons. The minimum Gasteiger partial charge on any atom is -0.225 e. The zero-order valence-electron chi connectivity index (χ0n) is 15.4. The second-order valence-electron chi connectivity index (χ2n) is 6.38. The Bertz CT molecular complexity index is 1230. The lowest BCUT2D eigenvalue weighted by atomic mass is 9.99. The lowest BCUT2D eigenvalue weighted by Gasteiger charge is -2.29. The molecule has 29 heavy (non-hydrogen) atoms. The zero-order chi connectivity index (χ0) is 21.2. The third kappa shape index (κ3) is 4.59. The summed E-state index contributed by atoms with van der Waals surface area (Å²) in [5, 5.41) is 5.16. The topological polar surface area (TPSA) is 97.5 Å². The number of halogens is 1. The van der Waals surface area contributed by atoms with Crippen LogP contribution in [0.15, 0.2) is 93.1 Å². The number of nitrogens with zero attached hydrogens (tertiary/aromatic N) is 1. The molecule has 0 saturated carbocycles. The van der Waals surface area contributed by atoms with Crippen molar-refractivity contribution < 1.29 is 16.8 Å². The van der Waals surface area contributed by atoms with Gasteiger partial charge < -0.3 is 0 Å². The van der Waals surface area contributed by atoms with Crippen molar-refractivity contribution in [2.24, 2.45) is 5.14 Å². The first-order chi connectivity index (χ1) is 13.6. The average Bonchev–Trinajstić information content (AvgIpc) is 2.70. The molecule has 0 heterocycles. The summed E-state index contributed by atoms with van der Waals surface area (Å²) in [7, 11) is -6.61. The summed E-state index contributed by atoms with van der Waals surface area (Å²) in [6.07, 6.45) is 0. The van der Waals surface area contributed by atoms with E-state index in [2.05, 4.69) is 15.9 Å². The van der Waals surface area contributed by atoms with Gasteiger partial charge in [0.1, 0.15) is 0 Å². The maximum absolute atomic E-state index is 13.4. The van der Waals surface area contributed by atoms with Gasteiger partial charge in [-0.15, -0.1) is 0 Å². The Balaban J connectivity index is 2.16. The van der Waals surface area contributed by atoms with E-state index < -0.39 is 26.1 Å². The first-order valence-corrected chi connectivity index (χ1v) is 12.3. The highest BCUT2D eigenvalue weighted by Gasteiger charge is 2.32. The van der Waals surface area contributed by atoms with Gasteiger partial charge in [-0.3, -0.25) is 0 Å². The summed E-state index contributed by atoms with van der Waals surface area (Å²) in [5.41, 5.74) is 1.53. The smallest absolute Gasteiger partial charge is 0.225 e. The van der Waals surface area contributed by atoms with E-state index in [-0.39, 0.29) is 9.79 Å². The molecule has 3 aromatic carbocycles. The molecule has 0 fully saturated rings. The maximum Gasteiger partial charge on any atom is 0.243 e. The van der Waals surface area contributed by atoms with Crippen molar-refractivity contribution in [2.75, 3.05) is 7.05 Å². The van der Waals surface area contributed by atoms with Gasteiger partial charge in [0, 0.05) is 11.5 Å². The van der Waals surface area contributed by atoms with E-state index in [1.54, 1.807) is 0 Å². The number of benzene rings is 3. The minimum atomic E-state index is -4.04. The molecule has 0 saturated heterocycles. The number of nitrogens with two attached hydrogens (primary N) is 1. The minimum absolute atomic E-state index is 0.153. The van der Waals surface area contributed by atoms with Crippen LogP contribution in [0.5, 0.6) is 0 Å². The summed E-state index contributed by atoms with van der Waals surface area (Å²) >= 11 is 3.51.